The summed E-state index contributed by atoms with van der Waals surface area (Å²) in [5, 5.41) is 5.91. The van der Waals surface area contributed by atoms with E-state index in [-0.39, 0.29) is 23.1 Å². The van der Waals surface area contributed by atoms with Crippen LogP contribution in [0.4, 0.5) is 5.69 Å². The molecule has 0 saturated carbocycles. The quantitative estimate of drug-likeness (QED) is 0.746. The van der Waals surface area contributed by atoms with Crippen molar-refractivity contribution < 1.29 is 9.00 Å². The minimum Gasteiger partial charge on any atom is -0.326 e. The summed E-state index contributed by atoms with van der Waals surface area (Å²) in [4.78, 5) is 11.8. The first-order valence-electron chi connectivity index (χ1n) is 7.25. The van der Waals surface area contributed by atoms with Crippen LogP contribution in [0.1, 0.15) is 39.2 Å². The van der Waals surface area contributed by atoms with Gasteiger partial charge in [0.05, 0.1) is 0 Å². The molecule has 22 heavy (non-hydrogen) atoms. The Morgan fingerprint density at radius 2 is 1.95 bits per heavy atom. The highest BCUT2D eigenvalue weighted by molar-refractivity contribution is 7.85. The van der Waals surface area contributed by atoms with E-state index in [0.29, 0.717) is 12.2 Å². The van der Waals surface area contributed by atoms with Gasteiger partial charge in [-0.25, -0.2) is 0 Å². The van der Waals surface area contributed by atoms with E-state index in [1.54, 1.807) is 0 Å². The fourth-order valence-corrected chi connectivity index (χ4v) is 2.67. The maximum atomic E-state index is 12.2. The van der Waals surface area contributed by atoms with Crippen molar-refractivity contribution in [2.75, 3.05) is 18.9 Å². The number of halogens is 1. The highest BCUT2D eigenvalue weighted by Gasteiger charge is 2.19. The zero-order valence-corrected chi connectivity index (χ0v) is 15.4. The van der Waals surface area contributed by atoms with Gasteiger partial charge in [-0.1, -0.05) is 12.1 Å². The highest BCUT2D eigenvalue weighted by Crippen LogP contribution is 2.18. The Bertz CT molecular complexity index is 501. The molecule has 2 N–H and O–H groups in total. The third-order valence-corrected chi connectivity index (χ3v) is 4.98. The summed E-state index contributed by atoms with van der Waals surface area (Å²) in [6.45, 7) is 6.74. The van der Waals surface area contributed by atoms with Crippen molar-refractivity contribution in [1.29, 1.82) is 0 Å². The second kappa shape index (κ2) is 9.98. The van der Waals surface area contributed by atoms with Crippen LogP contribution in [0, 0.1) is 0 Å². The summed E-state index contributed by atoms with van der Waals surface area (Å²) in [7, 11) is 0.935. The van der Waals surface area contributed by atoms with E-state index < -0.39 is 10.8 Å². The fraction of sp³-hybridized carbons (Fsp3) is 0.562. The molecule has 6 heteroatoms. The van der Waals surface area contributed by atoms with E-state index >= 15 is 0 Å². The van der Waals surface area contributed by atoms with Crippen LogP contribution in [0.2, 0.25) is 0 Å². The van der Waals surface area contributed by atoms with Gasteiger partial charge in [-0.3, -0.25) is 9.00 Å². The predicted octanol–water partition coefficient (Wildman–Crippen LogP) is 3.09. The molecule has 0 aliphatic carbocycles. The van der Waals surface area contributed by atoms with Gasteiger partial charge < -0.3 is 10.6 Å². The number of hydrogen-bond donors (Lipinski definition) is 2. The average Bonchev–Trinajstić information content (AvgIpc) is 2.38. The van der Waals surface area contributed by atoms with Crippen molar-refractivity contribution in [3.8, 4) is 0 Å². The zero-order valence-electron chi connectivity index (χ0n) is 13.8. The zero-order chi connectivity index (χ0) is 15.9. The first-order valence-corrected chi connectivity index (χ1v) is 8.56. The Morgan fingerprint density at radius 1 is 1.27 bits per heavy atom. The standard InChI is InChI=1S/C16H26N2O2S.ClH/c1-16(2,3)21(20)12-13-7-5-8-14(11-13)18-15(19)9-6-10-17-4;/h5,7-8,11,17H,6,9-10,12H2,1-4H3,(H,18,19);1H. The topological polar surface area (TPSA) is 58.2 Å². The average molecular weight is 347 g/mol. The van der Waals surface area contributed by atoms with E-state index in [1.807, 2.05) is 52.1 Å². The number of carbonyl (C=O) groups is 1. The van der Waals surface area contributed by atoms with E-state index in [4.69, 9.17) is 0 Å². The summed E-state index contributed by atoms with van der Waals surface area (Å²) < 4.78 is 11.9. The van der Waals surface area contributed by atoms with Crippen LogP contribution < -0.4 is 10.6 Å². The third-order valence-electron chi connectivity index (χ3n) is 3.02. The monoisotopic (exact) mass is 346 g/mol. The van der Waals surface area contributed by atoms with Crippen LogP contribution in [0.3, 0.4) is 0 Å². The third kappa shape index (κ3) is 7.92. The number of anilines is 1. The van der Waals surface area contributed by atoms with Crippen LogP contribution in [-0.4, -0.2) is 28.5 Å². The van der Waals surface area contributed by atoms with Crippen LogP contribution >= 0.6 is 12.4 Å². The fourth-order valence-electron chi connectivity index (χ4n) is 1.76. The summed E-state index contributed by atoms with van der Waals surface area (Å²) in [6, 6.07) is 7.60. The number of rotatable bonds is 7. The van der Waals surface area contributed by atoms with Crippen molar-refractivity contribution in [3.05, 3.63) is 29.8 Å². The molecule has 0 spiro atoms. The molecule has 0 saturated heterocycles. The lowest BCUT2D eigenvalue weighted by Crippen LogP contribution is -2.23. The van der Waals surface area contributed by atoms with Gasteiger partial charge in [-0.15, -0.1) is 12.4 Å². The first-order chi connectivity index (χ1) is 9.82. The largest absolute Gasteiger partial charge is 0.326 e. The molecule has 4 nitrogen and oxygen atoms in total. The van der Waals surface area contributed by atoms with Crippen LogP contribution in [-0.2, 0) is 21.3 Å². The molecule has 0 bridgehead atoms. The van der Waals surface area contributed by atoms with Gasteiger partial charge in [-0.05, 0) is 58.5 Å². The Labute approximate surface area is 142 Å². The molecule has 126 valence electrons. The molecule has 1 amide bonds. The van der Waals surface area contributed by atoms with Crippen molar-refractivity contribution in [3.63, 3.8) is 0 Å². The first kappa shape index (κ1) is 21.1. The van der Waals surface area contributed by atoms with Gasteiger partial charge in [0.1, 0.15) is 0 Å². The highest BCUT2D eigenvalue weighted by atomic mass is 35.5. The Balaban J connectivity index is 0.00000441. The Hall–Kier alpha value is -0.910. The second-order valence-corrected chi connectivity index (χ2v) is 8.26. The lowest BCUT2D eigenvalue weighted by Gasteiger charge is -2.18. The smallest absolute Gasteiger partial charge is 0.224 e. The summed E-state index contributed by atoms with van der Waals surface area (Å²) >= 11 is 0. The molecule has 0 aromatic heterocycles. The molecule has 0 aliphatic heterocycles. The van der Waals surface area contributed by atoms with Crippen molar-refractivity contribution >= 4 is 34.8 Å². The number of hydrogen-bond acceptors (Lipinski definition) is 3. The number of amides is 1. The maximum absolute atomic E-state index is 12.2. The van der Waals surface area contributed by atoms with Crippen LogP contribution in [0.5, 0.6) is 0 Å². The molecule has 0 heterocycles. The number of carbonyl (C=O) groups excluding carboxylic acids is 1. The van der Waals surface area contributed by atoms with E-state index in [2.05, 4.69) is 10.6 Å². The molecular formula is C16H27ClN2O2S. The molecule has 1 aromatic rings. The van der Waals surface area contributed by atoms with Gasteiger partial charge in [0, 0.05) is 33.4 Å². The number of nitrogens with one attached hydrogen (secondary N) is 2. The van der Waals surface area contributed by atoms with Crippen LogP contribution in [0.15, 0.2) is 24.3 Å². The van der Waals surface area contributed by atoms with Gasteiger partial charge in [-0.2, -0.15) is 0 Å². The Morgan fingerprint density at radius 3 is 2.55 bits per heavy atom. The lowest BCUT2D eigenvalue weighted by molar-refractivity contribution is -0.116. The molecular weight excluding hydrogens is 320 g/mol. The van der Waals surface area contributed by atoms with Gasteiger partial charge in [0.25, 0.3) is 0 Å². The predicted molar refractivity (Wildman–Crippen MR) is 97.1 cm³/mol. The summed E-state index contributed by atoms with van der Waals surface area (Å²) in [5.41, 5.74) is 1.75. The van der Waals surface area contributed by atoms with Crippen molar-refractivity contribution in [2.45, 2.75) is 44.1 Å². The molecule has 0 radical (unpaired) electrons. The van der Waals surface area contributed by atoms with Gasteiger partial charge >= 0.3 is 0 Å². The van der Waals surface area contributed by atoms with Crippen molar-refractivity contribution in [2.24, 2.45) is 0 Å². The van der Waals surface area contributed by atoms with Crippen molar-refractivity contribution in [1.82, 2.24) is 5.32 Å². The molecule has 0 aliphatic rings. The Kier molecular flexibility index (Phi) is 9.56. The summed E-state index contributed by atoms with van der Waals surface area (Å²) in [6.07, 6.45) is 1.31. The van der Waals surface area contributed by atoms with E-state index in [9.17, 15) is 9.00 Å². The molecule has 1 aromatic carbocycles. The van der Waals surface area contributed by atoms with Gasteiger partial charge in [0.15, 0.2) is 0 Å². The normalized spacial score (nSPS) is 12.4. The SMILES string of the molecule is CNCCCC(=O)Nc1cccc(CS(=O)C(C)(C)C)c1.Cl. The molecule has 1 unspecified atom stereocenters. The lowest BCUT2D eigenvalue weighted by atomic mass is 10.2. The minimum absolute atomic E-state index is 0. The summed E-state index contributed by atoms with van der Waals surface area (Å²) in [5.74, 6) is 0.520. The maximum Gasteiger partial charge on any atom is 0.224 e. The van der Waals surface area contributed by atoms with E-state index in [0.717, 1.165) is 24.2 Å². The molecule has 1 atom stereocenters. The molecule has 0 fully saturated rings. The minimum atomic E-state index is -0.936. The second-order valence-electron chi connectivity index (χ2n) is 6.06. The van der Waals surface area contributed by atoms with E-state index in [1.165, 1.54) is 0 Å². The number of benzene rings is 1. The molecule has 1 rings (SSSR count). The van der Waals surface area contributed by atoms with Crippen LogP contribution in [0.25, 0.3) is 0 Å². The van der Waals surface area contributed by atoms with Gasteiger partial charge in [0.2, 0.25) is 5.91 Å².